The highest BCUT2D eigenvalue weighted by Crippen LogP contribution is 2.10. The van der Waals surface area contributed by atoms with Gasteiger partial charge in [0.15, 0.2) is 0 Å². The number of nitrogens with zero attached hydrogens (tertiary/aromatic N) is 1. The lowest BCUT2D eigenvalue weighted by molar-refractivity contribution is 0.0600. The van der Waals surface area contributed by atoms with Crippen molar-refractivity contribution in [3.8, 4) is 0 Å². The Morgan fingerprint density at radius 2 is 2.26 bits per heavy atom. The third-order valence-corrected chi connectivity index (χ3v) is 2.54. The van der Waals surface area contributed by atoms with Crippen molar-refractivity contribution in [1.29, 1.82) is 0 Å². The van der Waals surface area contributed by atoms with Crippen LogP contribution in [0.3, 0.4) is 0 Å². The lowest BCUT2D eigenvalue weighted by atomic mass is 10.2. The van der Waals surface area contributed by atoms with E-state index in [9.17, 15) is 9.18 Å². The number of ether oxygens (including phenoxy) is 1. The third kappa shape index (κ3) is 3.51. The van der Waals surface area contributed by atoms with Crippen LogP contribution in [0.4, 0.5) is 10.1 Å². The summed E-state index contributed by atoms with van der Waals surface area (Å²) in [4.78, 5) is 15.4. The highest BCUT2D eigenvalue weighted by atomic mass is 19.1. The molecule has 1 N–H and O–H groups in total. The first-order chi connectivity index (χ1) is 9.19. The fourth-order valence-corrected chi connectivity index (χ4v) is 1.56. The van der Waals surface area contributed by atoms with E-state index < -0.39 is 5.97 Å². The summed E-state index contributed by atoms with van der Waals surface area (Å²) < 4.78 is 17.5. The number of nitrogens with one attached hydrogen (secondary N) is 1. The standard InChI is InChI=1S/C14H13FN2O2.H2/c1-19-14(18)10-5-6-13(16-8-10)9-17-12-4-2-3-11(15)7-12;/h2-8,17H,9H2,1H3;1H. The molecule has 0 saturated heterocycles. The van der Waals surface area contributed by atoms with E-state index in [0.29, 0.717) is 17.8 Å². The first-order valence-electron chi connectivity index (χ1n) is 5.72. The number of pyridine rings is 1. The second kappa shape index (κ2) is 5.95. The minimum absolute atomic E-state index is 0. The molecule has 19 heavy (non-hydrogen) atoms. The SMILES string of the molecule is COC(=O)c1ccc(CNc2cccc(F)c2)nc1.[HH]. The summed E-state index contributed by atoms with van der Waals surface area (Å²) in [5.41, 5.74) is 1.83. The number of halogens is 1. The van der Waals surface area contributed by atoms with Crippen molar-refractivity contribution in [3.05, 3.63) is 59.7 Å². The van der Waals surface area contributed by atoms with Crippen LogP contribution in [0.1, 0.15) is 17.5 Å². The molecule has 0 bridgehead atoms. The molecule has 1 aromatic heterocycles. The van der Waals surface area contributed by atoms with E-state index in [2.05, 4.69) is 15.0 Å². The predicted molar refractivity (Wildman–Crippen MR) is 71.4 cm³/mol. The van der Waals surface area contributed by atoms with Crippen LogP contribution in [-0.4, -0.2) is 18.1 Å². The van der Waals surface area contributed by atoms with Crippen molar-refractivity contribution in [3.63, 3.8) is 0 Å². The van der Waals surface area contributed by atoms with Crippen LogP contribution in [0, 0.1) is 5.82 Å². The molecular formula is C14H15FN2O2. The highest BCUT2D eigenvalue weighted by molar-refractivity contribution is 5.88. The number of hydrogen-bond donors (Lipinski definition) is 1. The maximum Gasteiger partial charge on any atom is 0.339 e. The second-order valence-corrected chi connectivity index (χ2v) is 3.89. The minimum atomic E-state index is -0.419. The number of carbonyl (C=O) groups is 1. The van der Waals surface area contributed by atoms with Gasteiger partial charge >= 0.3 is 5.97 Å². The second-order valence-electron chi connectivity index (χ2n) is 3.89. The van der Waals surface area contributed by atoms with Gasteiger partial charge in [-0.25, -0.2) is 9.18 Å². The minimum Gasteiger partial charge on any atom is -0.465 e. The van der Waals surface area contributed by atoms with Crippen molar-refractivity contribution >= 4 is 11.7 Å². The molecule has 0 fully saturated rings. The van der Waals surface area contributed by atoms with Crippen molar-refractivity contribution in [1.82, 2.24) is 4.98 Å². The van der Waals surface area contributed by atoms with E-state index in [1.165, 1.54) is 25.4 Å². The Labute approximate surface area is 111 Å². The number of rotatable bonds is 4. The average molecular weight is 262 g/mol. The molecule has 0 amide bonds. The monoisotopic (exact) mass is 262 g/mol. The number of aromatic nitrogens is 1. The van der Waals surface area contributed by atoms with E-state index >= 15 is 0 Å². The number of benzene rings is 1. The Morgan fingerprint density at radius 1 is 1.42 bits per heavy atom. The van der Waals surface area contributed by atoms with Gasteiger partial charge in [0.25, 0.3) is 0 Å². The zero-order valence-corrected chi connectivity index (χ0v) is 10.4. The van der Waals surface area contributed by atoms with Crippen LogP contribution in [0.5, 0.6) is 0 Å². The van der Waals surface area contributed by atoms with E-state index in [1.807, 2.05) is 0 Å². The van der Waals surface area contributed by atoms with Gasteiger partial charge in [-0.3, -0.25) is 4.98 Å². The third-order valence-electron chi connectivity index (χ3n) is 2.54. The van der Waals surface area contributed by atoms with E-state index in [0.717, 1.165) is 5.69 Å². The summed E-state index contributed by atoms with van der Waals surface area (Å²) >= 11 is 0. The Hall–Kier alpha value is -2.43. The molecule has 5 heteroatoms. The molecule has 0 aliphatic carbocycles. The molecule has 0 aliphatic rings. The van der Waals surface area contributed by atoms with E-state index in [4.69, 9.17) is 0 Å². The zero-order valence-electron chi connectivity index (χ0n) is 10.4. The normalized spacial score (nSPS) is 10.0. The number of esters is 1. The van der Waals surface area contributed by atoms with Crippen LogP contribution < -0.4 is 5.32 Å². The molecule has 0 atom stereocenters. The maximum atomic E-state index is 13.0. The van der Waals surface area contributed by atoms with Crippen molar-refractivity contribution < 1.29 is 15.3 Å². The smallest absolute Gasteiger partial charge is 0.339 e. The van der Waals surface area contributed by atoms with Gasteiger partial charge in [0.1, 0.15) is 5.82 Å². The molecule has 2 rings (SSSR count). The largest absolute Gasteiger partial charge is 0.465 e. The average Bonchev–Trinajstić information content (AvgIpc) is 2.45. The molecule has 4 nitrogen and oxygen atoms in total. The Balaban J connectivity index is 0.00000200. The zero-order chi connectivity index (χ0) is 13.7. The molecule has 2 aromatic rings. The fourth-order valence-electron chi connectivity index (χ4n) is 1.56. The van der Waals surface area contributed by atoms with E-state index in [1.54, 1.807) is 24.3 Å². The predicted octanol–water partition coefficient (Wildman–Crippen LogP) is 2.87. The molecule has 100 valence electrons. The lowest BCUT2D eigenvalue weighted by Crippen LogP contribution is -2.05. The number of carbonyl (C=O) groups excluding carboxylic acids is 1. The number of methoxy groups -OCH3 is 1. The van der Waals surface area contributed by atoms with Crippen LogP contribution in [-0.2, 0) is 11.3 Å². The number of hydrogen-bond acceptors (Lipinski definition) is 4. The number of anilines is 1. The Bertz CT molecular complexity index is 576. The van der Waals surface area contributed by atoms with Gasteiger partial charge < -0.3 is 10.1 Å². The lowest BCUT2D eigenvalue weighted by Gasteiger charge is -2.06. The molecule has 0 spiro atoms. The van der Waals surface area contributed by atoms with E-state index in [-0.39, 0.29) is 7.24 Å². The van der Waals surface area contributed by atoms with Crippen LogP contribution in [0.15, 0.2) is 42.6 Å². The molecule has 0 unspecified atom stereocenters. The summed E-state index contributed by atoms with van der Waals surface area (Å²) in [6.07, 6.45) is 1.45. The van der Waals surface area contributed by atoms with Crippen molar-refractivity contribution in [2.24, 2.45) is 0 Å². The molecule has 1 heterocycles. The first-order valence-corrected chi connectivity index (χ1v) is 5.72. The molecule has 0 saturated carbocycles. The van der Waals surface area contributed by atoms with Gasteiger partial charge in [-0.2, -0.15) is 0 Å². The summed E-state index contributed by atoms with van der Waals surface area (Å²) in [6, 6.07) is 9.55. The van der Waals surface area contributed by atoms with Crippen molar-refractivity contribution in [2.75, 3.05) is 12.4 Å². The van der Waals surface area contributed by atoms with Crippen LogP contribution in [0.25, 0.3) is 0 Å². The van der Waals surface area contributed by atoms with Crippen LogP contribution in [0.2, 0.25) is 0 Å². The van der Waals surface area contributed by atoms with Gasteiger partial charge in [0.05, 0.1) is 24.9 Å². The van der Waals surface area contributed by atoms with Gasteiger partial charge in [0, 0.05) is 13.3 Å². The Morgan fingerprint density at radius 3 is 2.89 bits per heavy atom. The Kier molecular flexibility index (Phi) is 4.07. The summed E-state index contributed by atoms with van der Waals surface area (Å²) in [5, 5.41) is 3.05. The van der Waals surface area contributed by atoms with Gasteiger partial charge in [-0.05, 0) is 30.3 Å². The quantitative estimate of drug-likeness (QED) is 0.861. The molecule has 0 aliphatic heterocycles. The highest BCUT2D eigenvalue weighted by Gasteiger charge is 2.05. The van der Waals surface area contributed by atoms with Gasteiger partial charge in [-0.15, -0.1) is 0 Å². The fraction of sp³-hybridized carbons (Fsp3) is 0.143. The van der Waals surface area contributed by atoms with Crippen molar-refractivity contribution in [2.45, 2.75) is 6.54 Å². The first kappa shape index (κ1) is 13.0. The van der Waals surface area contributed by atoms with Gasteiger partial charge in [0.2, 0.25) is 0 Å². The molecular weight excluding hydrogens is 247 g/mol. The van der Waals surface area contributed by atoms with Gasteiger partial charge in [-0.1, -0.05) is 6.07 Å². The molecule has 0 radical (unpaired) electrons. The topological polar surface area (TPSA) is 51.2 Å². The summed E-state index contributed by atoms with van der Waals surface area (Å²) in [7, 11) is 1.32. The summed E-state index contributed by atoms with van der Waals surface area (Å²) in [6.45, 7) is 0.449. The van der Waals surface area contributed by atoms with Crippen LogP contribution >= 0.6 is 0 Å². The molecule has 1 aromatic carbocycles. The summed E-state index contributed by atoms with van der Waals surface area (Å²) in [5.74, 6) is -0.712. The maximum absolute atomic E-state index is 13.0.